The quantitative estimate of drug-likeness (QED) is 0.159. The maximum Gasteiger partial charge on any atom is 0.0701 e. The topological polar surface area (TPSA) is 25.8 Å². The average Bonchev–Trinajstić information content (AvgIpc) is 3.30. The lowest BCUT2D eigenvalue weighted by atomic mass is 9.81. The van der Waals surface area contributed by atoms with Crippen molar-refractivity contribution in [3.63, 3.8) is 0 Å². The predicted molar refractivity (Wildman–Crippen MR) is 245 cm³/mol. The summed E-state index contributed by atoms with van der Waals surface area (Å²) < 4.78 is 0. The van der Waals surface area contributed by atoms with Crippen molar-refractivity contribution in [2.45, 2.75) is 0 Å². The van der Waals surface area contributed by atoms with E-state index in [4.69, 9.17) is 0 Å². The van der Waals surface area contributed by atoms with Crippen LogP contribution in [-0.4, -0.2) is 9.97 Å². The number of nitrogens with zero attached hydrogens (tertiary/aromatic N) is 2. The van der Waals surface area contributed by atoms with Gasteiger partial charge in [0.15, 0.2) is 0 Å². The van der Waals surface area contributed by atoms with Crippen molar-refractivity contribution in [2.75, 3.05) is 0 Å². The van der Waals surface area contributed by atoms with Crippen molar-refractivity contribution in [2.24, 2.45) is 0 Å². The predicted octanol–water partition coefficient (Wildman–Crippen LogP) is 15.1. The highest BCUT2D eigenvalue weighted by Gasteiger charge is 2.22. The fourth-order valence-corrected chi connectivity index (χ4v) is 8.81. The van der Waals surface area contributed by atoms with E-state index in [2.05, 4.69) is 192 Å². The van der Waals surface area contributed by atoms with Crippen LogP contribution in [0, 0.1) is 0 Å². The fourth-order valence-electron chi connectivity index (χ4n) is 8.81. The van der Waals surface area contributed by atoms with E-state index in [1.807, 2.05) is 36.7 Å². The smallest absolute Gasteiger partial charge is 0.0701 e. The standard InChI is InChI=1S/C56H36N2/c1-5-17-45-41(13-1)33-42-14-2-6-18-46(42)55(45)51-36-52(56-47-19-7-3-15-43(47)34-44-16-4-8-20-48(44)56)50(38-25-29-40(30-26-38)54-22-10-12-32-58-54)35-49(51)37-23-27-39(28-24-37)53-21-9-11-31-57-53/h1-36H. The Labute approximate surface area is 337 Å². The van der Waals surface area contributed by atoms with Crippen LogP contribution in [0.4, 0.5) is 0 Å². The molecule has 11 rings (SSSR count). The van der Waals surface area contributed by atoms with Gasteiger partial charge in [0.2, 0.25) is 0 Å². The van der Waals surface area contributed by atoms with Crippen molar-refractivity contribution in [3.8, 4) is 67.0 Å². The number of rotatable bonds is 6. The van der Waals surface area contributed by atoms with Gasteiger partial charge in [-0.05, 0) is 136 Å². The molecule has 0 aliphatic rings. The second-order valence-electron chi connectivity index (χ2n) is 14.9. The fraction of sp³-hybridized carbons (Fsp3) is 0. The molecule has 0 fully saturated rings. The van der Waals surface area contributed by atoms with E-state index >= 15 is 0 Å². The number of benzene rings is 9. The number of aromatic nitrogens is 2. The molecule has 2 aromatic heterocycles. The van der Waals surface area contributed by atoms with Crippen LogP contribution in [0.25, 0.3) is 110 Å². The summed E-state index contributed by atoms with van der Waals surface area (Å²) in [6, 6.07) is 74.9. The Morgan fingerprint density at radius 3 is 0.897 bits per heavy atom. The van der Waals surface area contributed by atoms with Crippen LogP contribution in [0.1, 0.15) is 0 Å². The second-order valence-corrected chi connectivity index (χ2v) is 14.9. The van der Waals surface area contributed by atoms with E-state index in [1.54, 1.807) is 0 Å². The molecule has 2 nitrogen and oxygen atoms in total. The van der Waals surface area contributed by atoms with Crippen LogP contribution in [0.5, 0.6) is 0 Å². The Morgan fingerprint density at radius 1 is 0.241 bits per heavy atom. The van der Waals surface area contributed by atoms with Gasteiger partial charge in [-0.3, -0.25) is 9.97 Å². The molecule has 270 valence electrons. The lowest BCUT2D eigenvalue weighted by Crippen LogP contribution is -1.96. The minimum atomic E-state index is 0.959. The zero-order chi connectivity index (χ0) is 38.4. The molecule has 0 N–H and O–H groups in total. The molecule has 0 saturated heterocycles. The number of pyridine rings is 2. The Balaban J connectivity index is 1.27. The summed E-state index contributed by atoms with van der Waals surface area (Å²) in [4.78, 5) is 9.32. The van der Waals surface area contributed by atoms with E-state index in [1.165, 1.54) is 76.5 Å². The zero-order valence-corrected chi connectivity index (χ0v) is 31.7. The zero-order valence-electron chi connectivity index (χ0n) is 31.7. The molecule has 0 atom stereocenters. The van der Waals surface area contributed by atoms with E-state index in [-0.39, 0.29) is 0 Å². The lowest BCUT2D eigenvalue weighted by molar-refractivity contribution is 1.33. The normalized spacial score (nSPS) is 11.4. The van der Waals surface area contributed by atoms with Gasteiger partial charge in [0.05, 0.1) is 11.4 Å². The van der Waals surface area contributed by atoms with E-state index in [0.29, 0.717) is 0 Å². The first kappa shape index (κ1) is 33.6. The highest BCUT2D eigenvalue weighted by Crippen LogP contribution is 2.49. The minimum absolute atomic E-state index is 0.959. The first-order valence-electron chi connectivity index (χ1n) is 19.8. The third-order valence-corrected chi connectivity index (χ3v) is 11.6. The van der Waals surface area contributed by atoms with Gasteiger partial charge in [-0.1, -0.05) is 158 Å². The summed E-state index contributed by atoms with van der Waals surface area (Å²) in [7, 11) is 0. The first-order chi connectivity index (χ1) is 28.8. The van der Waals surface area contributed by atoms with Crippen LogP contribution in [0.2, 0.25) is 0 Å². The molecule has 2 heterocycles. The summed E-state index contributed by atoms with van der Waals surface area (Å²) in [5, 5.41) is 9.81. The molecule has 0 bridgehead atoms. The maximum absolute atomic E-state index is 4.66. The molecular formula is C56H36N2. The molecule has 0 aliphatic heterocycles. The summed E-state index contributed by atoms with van der Waals surface area (Å²) >= 11 is 0. The van der Waals surface area contributed by atoms with Gasteiger partial charge in [0.25, 0.3) is 0 Å². The van der Waals surface area contributed by atoms with Gasteiger partial charge in [0.1, 0.15) is 0 Å². The third kappa shape index (κ3) is 5.82. The highest BCUT2D eigenvalue weighted by atomic mass is 14.7. The highest BCUT2D eigenvalue weighted by molar-refractivity contribution is 6.19. The Morgan fingerprint density at radius 2 is 0.552 bits per heavy atom. The van der Waals surface area contributed by atoms with Crippen molar-refractivity contribution in [3.05, 3.63) is 219 Å². The molecular weight excluding hydrogens is 701 g/mol. The van der Waals surface area contributed by atoms with Crippen LogP contribution in [0.3, 0.4) is 0 Å². The maximum atomic E-state index is 4.66. The molecule has 9 aromatic carbocycles. The molecule has 0 unspecified atom stereocenters. The van der Waals surface area contributed by atoms with Gasteiger partial charge < -0.3 is 0 Å². The molecule has 0 amide bonds. The largest absolute Gasteiger partial charge is 0.256 e. The van der Waals surface area contributed by atoms with Gasteiger partial charge in [-0.25, -0.2) is 0 Å². The third-order valence-electron chi connectivity index (χ3n) is 11.6. The Kier molecular flexibility index (Phi) is 8.19. The van der Waals surface area contributed by atoms with E-state index in [9.17, 15) is 0 Å². The van der Waals surface area contributed by atoms with Crippen LogP contribution < -0.4 is 0 Å². The minimum Gasteiger partial charge on any atom is -0.256 e. The van der Waals surface area contributed by atoms with Gasteiger partial charge >= 0.3 is 0 Å². The van der Waals surface area contributed by atoms with Gasteiger partial charge in [-0.15, -0.1) is 0 Å². The Bertz CT molecular complexity index is 2970. The van der Waals surface area contributed by atoms with Gasteiger partial charge in [0, 0.05) is 23.5 Å². The first-order valence-corrected chi connectivity index (χ1v) is 19.8. The summed E-state index contributed by atoms with van der Waals surface area (Å²) in [5.41, 5.74) is 13.6. The van der Waals surface area contributed by atoms with Crippen LogP contribution in [-0.2, 0) is 0 Å². The van der Waals surface area contributed by atoms with E-state index in [0.717, 1.165) is 33.6 Å². The van der Waals surface area contributed by atoms with Crippen LogP contribution in [0.15, 0.2) is 219 Å². The molecule has 0 radical (unpaired) electrons. The molecule has 2 heteroatoms. The number of hydrogen-bond acceptors (Lipinski definition) is 2. The number of hydrogen-bond donors (Lipinski definition) is 0. The molecule has 0 spiro atoms. The van der Waals surface area contributed by atoms with Crippen molar-refractivity contribution in [1.29, 1.82) is 0 Å². The van der Waals surface area contributed by atoms with Gasteiger partial charge in [-0.2, -0.15) is 0 Å². The van der Waals surface area contributed by atoms with Crippen molar-refractivity contribution >= 4 is 43.1 Å². The monoisotopic (exact) mass is 736 g/mol. The molecule has 0 aliphatic carbocycles. The van der Waals surface area contributed by atoms with Crippen LogP contribution >= 0.6 is 0 Å². The summed E-state index contributed by atoms with van der Waals surface area (Å²) in [5.74, 6) is 0. The Hall–Kier alpha value is -7.68. The second kappa shape index (κ2) is 14.1. The number of fused-ring (bicyclic) bond motifs is 4. The lowest BCUT2D eigenvalue weighted by Gasteiger charge is -2.22. The molecule has 0 saturated carbocycles. The SMILES string of the molecule is c1ccc(-c2ccc(-c3cc(-c4ccc(-c5ccccn5)cc4)c(-c4c5ccccc5cc5ccccc45)cc3-c3c4ccccc4cc4ccccc34)cc2)nc1. The average molecular weight is 737 g/mol. The summed E-state index contributed by atoms with van der Waals surface area (Å²) in [6.45, 7) is 0. The molecule has 58 heavy (non-hydrogen) atoms. The molecule has 11 aromatic rings. The van der Waals surface area contributed by atoms with Crippen molar-refractivity contribution in [1.82, 2.24) is 9.97 Å². The van der Waals surface area contributed by atoms with E-state index < -0.39 is 0 Å². The summed E-state index contributed by atoms with van der Waals surface area (Å²) in [6.07, 6.45) is 3.71. The van der Waals surface area contributed by atoms with Crippen molar-refractivity contribution < 1.29 is 0 Å².